The molecular formula is C26H39N3O3. The second kappa shape index (κ2) is 11.0. The number of ether oxygens (including phenoxy) is 1. The van der Waals surface area contributed by atoms with E-state index in [1.165, 1.54) is 18.4 Å². The van der Waals surface area contributed by atoms with Crippen molar-refractivity contribution in [3.05, 3.63) is 36.0 Å². The Kier molecular flexibility index (Phi) is 8.35. The molecule has 3 rings (SSSR count). The molecule has 6 nitrogen and oxygen atoms in total. The molecule has 0 radical (unpaired) electrons. The summed E-state index contributed by atoms with van der Waals surface area (Å²) in [5, 5.41) is 13.0. The minimum Gasteiger partial charge on any atom is -0.488 e. The van der Waals surface area contributed by atoms with Gasteiger partial charge in [-0.3, -0.25) is 4.98 Å². The number of benzene rings is 1. The Balaban J connectivity index is 1.58. The van der Waals surface area contributed by atoms with Crippen LogP contribution in [-0.4, -0.2) is 52.9 Å². The number of nitrogens with zero attached hydrogens (tertiary/aromatic N) is 2. The molecule has 1 aromatic heterocycles. The van der Waals surface area contributed by atoms with Crippen LogP contribution in [0, 0.1) is 5.41 Å². The highest BCUT2D eigenvalue weighted by Crippen LogP contribution is 2.29. The Morgan fingerprint density at radius 1 is 1.31 bits per heavy atom. The van der Waals surface area contributed by atoms with E-state index < -0.39 is 6.09 Å². The Labute approximate surface area is 192 Å². The first kappa shape index (κ1) is 24.3. The van der Waals surface area contributed by atoms with E-state index in [9.17, 15) is 4.79 Å². The van der Waals surface area contributed by atoms with Gasteiger partial charge in [0.15, 0.2) is 0 Å². The molecule has 1 amide bonds. The van der Waals surface area contributed by atoms with Crippen LogP contribution in [0.1, 0.15) is 65.4 Å². The lowest BCUT2D eigenvalue weighted by atomic mass is 9.84. The van der Waals surface area contributed by atoms with Crippen LogP contribution in [0.3, 0.4) is 0 Å². The van der Waals surface area contributed by atoms with Crippen molar-refractivity contribution in [3.8, 4) is 5.75 Å². The highest BCUT2D eigenvalue weighted by atomic mass is 16.5. The highest BCUT2D eigenvalue weighted by molar-refractivity contribution is 5.85. The molecule has 1 aliphatic rings. The zero-order chi connectivity index (χ0) is 23.1. The fourth-order valence-electron chi connectivity index (χ4n) is 4.45. The van der Waals surface area contributed by atoms with E-state index in [2.05, 4.69) is 61.1 Å². The van der Waals surface area contributed by atoms with Crippen molar-refractivity contribution in [2.75, 3.05) is 19.6 Å². The summed E-state index contributed by atoms with van der Waals surface area (Å²) >= 11 is 0. The summed E-state index contributed by atoms with van der Waals surface area (Å²) in [6.07, 6.45) is 7.26. The minimum atomic E-state index is -0.945. The molecule has 1 aliphatic heterocycles. The summed E-state index contributed by atoms with van der Waals surface area (Å²) in [6, 6.07) is 8.47. The number of fused-ring (bicyclic) bond motifs is 1. The number of amides is 1. The van der Waals surface area contributed by atoms with E-state index in [4.69, 9.17) is 9.84 Å². The normalized spacial score (nSPS) is 16.8. The standard InChI is InChI=1S/C26H39N3O3/c1-5-6-8-19-17-20-9-7-13-27-24(20)22(18-19)32-21-10-14-29(15-11-21)16-12-23(26(2,3)4)28-25(30)31/h7,9,13,17-18,21,23,28H,5-6,8,10-12,14-16H2,1-4H3,(H,30,31). The molecule has 2 aromatic rings. The molecule has 2 heterocycles. The third kappa shape index (κ3) is 6.83. The van der Waals surface area contributed by atoms with E-state index in [0.717, 1.165) is 62.0 Å². The number of hydrogen-bond acceptors (Lipinski definition) is 4. The number of piperidine rings is 1. The fraction of sp³-hybridized carbons (Fsp3) is 0.615. The topological polar surface area (TPSA) is 74.7 Å². The van der Waals surface area contributed by atoms with Crippen LogP contribution in [-0.2, 0) is 6.42 Å². The highest BCUT2D eigenvalue weighted by Gasteiger charge is 2.28. The largest absolute Gasteiger partial charge is 0.488 e. The van der Waals surface area contributed by atoms with Crippen molar-refractivity contribution >= 4 is 17.0 Å². The molecule has 1 aromatic carbocycles. The van der Waals surface area contributed by atoms with Gasteiger partial charge in [0.05, 0.1) is 0 Å². The average Bonchev–Trinajstić information content (AvgIpc) is 2.75. The van der Waals surface area contributed by atoms with Gasteiger partial charge in [0.25, 0.3) is 0 Å². The molecule has 1 unspecified atom stereocenters. The van der Waals surface area contributed by atoms with Crippen molar-refractivity contribution < 1.29 is 14.6 Å². The van der Waals surface area contributed by atoms with E-state index in [-0.39, 0.29) is 17.6 Å². The number of aromatic nitrogens is 1. The van der Waals surface area contributed by atoms with Gasteiger partial charge in [-0.1, -0.05) is 40.2 Å². The van der Waals surface area contributed by atoms with Gasteiger partial charge in [-0.15, -0.1) is 0 Å². The van der Waals surface area contributed by atoms with Gasteiger partial charge in [-0.25, -0.2) is 4.79 Å². The summed E-state index contributed by atoms with van der Waals surface area (Å²) in [6.45, 7) is 11.3. The van der Waals surface area contributed by atoms with Crippen molar-refractivity contribution in [1.29, 1.82) is 0 Å². The minimum absolute atomic E-state index is 0.0581. The summed E-state index contributed by atoms with van der Waals surface area (Å²) in [5.41, 5.74) is 2.17. The molecule has 6 heteroatoms. The van der Waals surface area contributed by atoms with Gasteiger partial charge in [0, 0.05) is 37.3 Å². The smallest absolute Gasteiger partial charge is 0.404 e. The van der Waals surface area contributed by atoms with Gasteiger partial charge < -0.3 is 20.1 Å². The molecule has 0 aliphatic carbocycles. The van der Waals surface area contributed by atoms with Crippen LogP contribution in [0.5, 0.6) is 5.75 Å². The second-order valence-electron chi connectivity index (χ2n) is 10.1. The first-order chi connectivity index (χ1) is 15.3. The fourth-order valence-corrected chi connectivity index (χ4v) is 4.45. The summed E-state index contributed by atoms with van der Waals surface area (Å²) in [7, 11) is 0. The van der Waals surface area contributed by atoms with Gasteiger partial charge in [0.2, 0.25) is 0 Å². The number of aryl methyl sites for hydroxylation is 1. The number of nitrogens with one attached hydrogen (secondary N) is 1. The molecule has 176 valence electrons. The Bertz CT molecular complexity index is 886. The van der Waals surface area contributed by atoms with Crippen LogP contribution in [0.4, 0.5) is 4.79 Å². The molecule has 32 heavy (non-hydrogen) atoms. The third-order valence-corrected chi connectivity index (χ3v) is 6.45. The van der Waals surface area contributed by atoms with Crippen LogP contribution in [0.15, 0.2) is 30.5 Å². The molecular weight excluding hydrogens is 402 g/mol. The van der Waals surface area contributed by atoms with Crippen LogP contribution < -0.4 is 10.1 Å². The third-order valence-electron chi connectivity index (χ3n) is 6.45. The number of unbranched alkanes of at least 4 members (excludes halogenated alkanes) is 1. The Morgan fingerprint density at radius 2 is 2.06 bits per heavy atom. The first-order valence-corrected chi connectivity index (χ1v) is 12.0. The summed E-state index contributed by atoms with van der Waals surface area (Å²) in [4.78, 5) is 18.2. The average molecular weight is 442 g/mol. The molecule has 0 bridgehead atoms. The molecule has 1 saturated heterocycles. The number of carbonyl (C=O) groups is 1. The number of pyridine rings is 1. The van der Waals surface area contributed by atoms with Crippen LogP contribution in [0.25, 0.3) is 10.9 Å². The predicted octanol–water partition coefficient (Wildman–Crippen LogP) is 5.49. The van der Waals surface area contributed by atoms with E-state index in [0.29, 0.717) is 0 Å². The van der Waals surface area contributed by atoms with E-state index >= 15 is 0 Å². The van der Waals surface area contributed by atoms with Crippen molar-refractivity contribution in [3.63, 3.8) is 0 Å². The maximum Gasteiger partial charge on any atom is 0.404 e. The van der Waals surface area contributed by atoms with Crippen molar-refractivity contribution in [2.45, 2.75) is 78.4 Å². The molecule has 1 atom stereocenters. The van der Waals surface area contributed by atoms with Crippen molar-refractivity contribution in [2.24, 2.45) is 5.41 Å². The number of likely N-dealkylation sites (tertiary alicyclic amines) is 1. The quantitative estimate of drug-likeness (QED) is 0.538. The summed E-state index contributed by atoms with van der Waals surface area (Å²) < 4.78 is 6.49. The van der Waals surface area contributed by atoms with Gasteiger partial charge in [-0.2, -0.15) is 0 Å². The molecule has 0 spiro atoms. The zero-order valence-electron chi connectivity index (χ0n) is 20.1. The van der Waals surface area contributed by atoms with Crippen LogP contribution >= 0.6 is 0 Å². The second-order valence-corrected chi connectivity index (χ2v) is 10.1. The first-order valence-electron chi connectivity index (χ1n) is 12.0. The number of carboxylic acid groups (broad SMARTS) is 1. The monoisotopic (exact) mass is 441 g/mol. The van der Waals surface area contributed by atoms with Crippen molar-refractivity contribution in [1.82, 2.24) is 15.2 Å². The predicted molar refractivity (Wildman–Crippen MR) is 129 cm³/mol. The maximum absolute atomic E-state index is 11.2. The zero-order valence-corrected chi connectivity index (χ0v) is 20.1. The lowest BCUT2D eigenvalue weighted by molar-refractivity contribution is 0.0945. The van der Waals surface area contributed by atoms with Gasteiger partial charge in [-0.05, 0) is 61.3 Å². The molecule has 0 saturated carbocycles. The molecule has 2 N–H and O–H groups in total. The lowest BCUT2D eigenvalue weighted by Gasteiger charge is -2.35. The van der Waals surface area contributed by atoms with E-state index in [1.807, 2.05) is 12.3 Å². The SMILES string of the molecule is CCCCc1cc(OC2CCN(CCC(NC(=O)O)C(C)(C)C)CC2)c2ncccc2c1. The van der Waals surface area contributed by atoms with Gasteiger partial charge >= 0.3 is 6.09 Å². The Hall–Kier alpha value is -2.34. The number of rotatable bonds is 9. The van der Waals surface area contributed by atoms with Crippen LogP contribution in [0.2, 0.25) is 0 Å². The van der Waals surface area contributed by atoms with E-state index in [1.54, 1.807) is 0 Å². The maximum atomic E-state index is 11.2. The molecule has 1 fully saturated rings. The van der Waals surface area contributed by atoms with Gasteiger partial charge in [0.1, 0.15) is 17.4 Å². The number of hydrogen-bond donors (Lipinski definition) is 2. The Morgan fingerprint density at radius 3 is 2.72 bits per heavy atom. The lowest BCUT2D eigenvalue weighted by Crippen LogP contribution is -2.46. The summed E-state index contributed by atoms with van der Waals surface area (Å²) in [5.74, 6) is 0.908.